The van der Waals surface area contributed by atoms with Crippen LogP contribution in [0.2, 0.25) is 0 Å². The second-order valence-corrected chi connectivity index (χ2v) is 20.5. The molecule has 6 unspecified atom stereocenters. The van der Waals surface area contributed by atoms with Crippen molar-refractivity contribution in [2.24, 2.45) is 0 Å². The summed E-state index contributed by atoms with van der Waals surface area (Å²) in [5.41, 5.74) is -0.0775. The number of aromatic amines is 1. The summed E-state index contributed by atoms with van der Waals surface area (Å²) in [4.78, 5) is 49.0. The molecule has 4 aromatic heterocycles. The molecule has 60 heavy (non-hydrogen) atoms. The van der Waals surface area contributed by atoms with E-state index in [-0.39, 0.29) is 54.2 Å². The third kappa shape index (κ3) is 7.56. The number of hydrogen-bond donors (Lipinski definition) is 2. The minimum Gasteiger partial charge on any atom is -0.348 e. The summed E-state index contributed by atoms with van der Waals surface area (Å²) in [5, 5.41) is 19.5. The van der Waals surface area contributed by atoms with Crippen LogP contribution in [-0.2, 0) is 55.7 Å². The van der Waals surface area contributed by atoms with Crippen molar-refractivity contribution in [1.29, 1.82) is 10.5 Å². The molecule has 20 nitrogen and oxygen atoms in total. The Balaban J connectivity index is 1.15. The van der Waals surface area contributed by atoms with Crippen LogP contribution in [0.4, 0.5) is 14.6 Å². The number of nitriles is 2. The first-order valence-corrected chi connectivity index (χ1v) is 23.3. The monoisotopic (exact) mass is 903 g/mol. The van der Waals surface area contributed by atoms with Crippen LogP contribution in [-0.4, -0.2) is 107 Å². The van der Waals surface area contributed by atoms with Crippen molar-refractivity contribution in [1.82, 2.24) is 39.0 Å². The van der Waals surface area contributed by atoms with Crippen LogP contribution in [0.25, 0.3) is 22.3 Å². The lowest BCUT2D eigenvalue weighted by Crippen LogP contribution is -2.46. The van der Waals surface area contributed by atoms with Gasteiger partial charge in [-0.3, -0.25) is 23.2 Å². The van der Waals surface area contributed by atoms with E-state index in [4.69, 9.17) is 55.7 Å². The number of ether oxygens (including phenoxy) is 2. The van der Waals surface area contributed by atoms with Crippen molar-refractivity contribution in [3.63, 3.8) is 0 Å². The number of fused-ring (bicyclic) bond motifs is 4. The van der Waals surface area contributed by atoms with Crippen molar-refractivity contribution in [2.45, 2.75) is 68.0 Å². The zero-order valence-corrected chi connectivity index (χ0v) is 34.6. The smallest absolute Gasteiger partial charge is 0.327 e. The van der Waals surface area contributed by atoms with Gasteiger partial charge in [-0.25, -0.2) is 33.7 Å². The zero-order valence-electron chi connectivity index (χ0n) is 31.1. The van der Waals surface area contributed by atoms with Crippen molar-refractivity contribution in [3.8, 4) is 12.1 Å². The largest absolute Gasteiger partial charge is 0.348 e. The number of nitrogens with zero attached hydrogens (tertiary/aromatic N) is 9. The Morgan fingerprint density at radius 3 is 2.42 bits per heavy atom. The van der Waals surface area contributed by atoms with Crippen LogP contribution in [0.1, 0.15) is 42.6 Å². The SMILES string of the molecule is C[C@@]12C(COP(=S)(OCCC#N)O[C@@H]3C(COP1(=S)OCCC#N)OC(n1cnc4c(NC(=O)c5ccccc5)ncnc41)[C@@H]3F)OC(n1cnc3c(=O)[nH]cnc31)[C@@H]2F. The van der Waals surface area contributed by atoms with Crippen molar-refractivity contribution in [2.75, 3.05) is 31.7 Å². The molecule has 0 saturated carbocycles. The van der Waals surface area contributed by atoms with E-state index in [1.807, 2.05) is 12.1 Å². The summed E-state index contributed by atoms with van der Waals surface area (Å²) in [6.45, 7) is -8.29. The lowest BCUT2D eigenvalue weighted by molar-refractivity contribution is -0.0436. The molecule has 1 amide bonds. The van der Waals surface area contributed by atoms with E-state index in [0.717, 1.165) is 12.7 Å². The molecule has 0 aliphatic carbocycles. The number of alkyl halides is 2. The number of carbonyl (C=O) groups is 1. The number of H-pyrrole nitrogens is 1. The highest BCUT2D eigenvalue weighted by Crippen LogP contribution is 2.69. The highest BCUT2D eigenvalue weighted by molar-refractivity contribution is 8.10. The molecule has 1 aromatic carbocycles. The Labute approximate surface area is 348 Å². The standard InChI is InChI=1S/C34H33F2N11O9P2S2/c1-34-21(55-33(26(34)36)47-18-44-24-29(47)41-16-42-31(24)49)14-53-58(60,51-12-6-10-38)56-25-20(13-52-57(34,59)50-11-5-9-37)54-32(22(25)35)46-17-43-23-27(39-15-40-28(23)46)45-30(48)19-7-3-2-4-8-19/h2-4,7-8,15-18,20-22,25-26,32-33H,5-6,11-14H2,1H3,(H,41,42,49)(H,39,40,45,48)/t20?,21?,22-,25-,26+,32?,33?,34+,57?,58?/m1/s1. The zero-order chi connectivity index (χ0) is 42.2. The molecule has 2 N–H and O–H groups in total. The van der Waals surface area contributed by atoms with E-state index in [9.17, 15) is 20.1 Å². The van der Waals surface area contributed by atoms with Crippen molar-refractivity contribution < 1.29 is 45.7 Å². The predicted octanol–water partition coefficient (Wildman–Crippen LogP) is 4.27. The first-order chi connectivity index (χ1) is 28.9. The van der Waals surface area contributed by atoms with Gasteiger partial charge in [0.15, 0.2) is 52.9 Å². The molecule has 7 heterocycles. The fourth-order valence-electron chi connectivity index (χ4n) is 7.02. The number of carbonyl (C=O) groups excluding carboxylic acids is 1. The molecule has 3 aliphatic heterocycles. The number of nitrogens with one attached hydrogen (secondary N) is 2. The van der Waals surface area contributed by atoms with Crippen LogP contribution in [0.15, 0.2) is 60.4 Å². The molecule has 3 saturated heterocycles. The molecule has 3 fully saturated rings. The van der Waals surface area contributed by atoms with Gasteiger partial charge < -0.3 is 37.9 Å². The number of hydrogen-bond acceptors (Lipinski definition) is 18. The molecular weight excluding hydrogens is 871 g/mol. The summed E-state index contributed by atoms with van der Waals surface area (Å²) < 4.78 is 80.4. The average molecular weight is 904 g/mol. The molecule has 5 aromatic rings. The number of halogens is 2. The summed E-state index contributed by atoms with van der Waals surface area (Å²) in [5.74, 6) is -0.420. The van der Waals surface area contributed by atoms with E-state index in [0.29, 0.717) is 5.56 Å². The molecule has 8 rings (SSSR count). The Bertz CT molecular complexity index is 2670. The molecule has 0 spiro atoms. The number of rotatable bonds is 10. The maximum Gasteiger partial charge on any atom is 0.327 e. The predicted molar refractivity (Wildman–Crippen MR) is 212 cm³/mol. The minimum atomic E-state index is -4.06. The lowest BCUT2D eigenvalue weighted by Gasteiger charge is -2.40. The van der Waals surface area contributed by atoms with Gasteiger partial charge in [-0.05, 0) is 42.7 Å². The molecule has 314 valence electrons. The van der Waals surface area contributed by atoms with E-state index in [1.165, 1.54) is 28.7 Å². The Morgan fingerprint density at radius 1 is 0.967 bits per heavy atom. The van der Waals surface area contributed by atoms with Gasteiger partial charge >= 0.3 is 6.72 Å². The highest BCUT2D eigenvalue weighted by atomic mass is 32.5. The quantitative estimate of drug-likeness (QED) is 0.147. The van der Waals surface area contributed by atoms with Crippen LogP contribution in [0.3, 0.4) is 0 Å². The Kier molecular flexibility index (Phi) is 12.0. The normalized spacial score (nSPS) is 31.8. The van der Waals surface area contributed by atoms with Gasteiger partial charge in [0.25, 0.3) is 11.5 Å². The molecule has 10 atom stereocenters. The fourth-order valence-corrected chi connectivity index (χ4v) is 12.4. The topological polar surface area (TPSA) is 248 Å². The molecule has 0 bridgehead atoms. The van der Waals surface area contributed by atoms with Gasteiger partial charge in [0.2, 0.25) is 6.49 Å². The van der Waals surface area contributed by atoms with Gasteiger partial charge in [0.05, 0.1) is 70.4 Å². The minimum absolute atomic E-state index is 0.00885. The highest BCUT2D eigenvalue weighted by Gasteiger charge is 2.65. The molecule has 3 aliphatic rings. The van der Waals surface area contributed by atoms with Gasteiger partial charge in [-0.2, -0.15) is 10.5 Å². The van der Waals surface area contributed by atoms with Crippen LogP contribution < -0.4 is 10.9 Å². The van der Waals surface area contributed by atoms with E-state index < -0.39 is 86.2 Å². The van der Waals surface area contributed by atoms with Crippen LogP contribution in [0, 0.1) is 22.7 Å². The number of imidazole rings is 2. The van der Waals surface area contributed by atoms with Crippen molar-refractivity contribution >= 4 is 70.9 Å². The van der Waals surface area contributed by atoms with Crippen molar-refractivity contribution in [3.05, 3.63) is 71.6 Å². The van der Waals surface area contributed by atoms with E-state index in [2.05, 4.69) is 35.2 Å². The number of aromatic nitrogens is 8. The average Bonchev–Trinajstić information content (AvgIpc) is 4.01. The lowest BCUT2D eigenvalue weighted by atomic mass is 10.0. The second-order valence-electron chi connectivity index (χ2n) is 13.7. The second kappa shape index (κ2) is 17.1. The third-order valence-electron chi connectivity index (χ3n) is 10.1. The molecule has 26 heteroatoms. The van der Waals surface area contributed by atoms with Gasteiger partial charge in [-0.1, -0.05) is 18.2 Å². The number of amides is 1. The molecular formula is C34H33F2N11O9P2S2. The first-order valence-electron chi connectivity index (χ1n) is 18.1. The summed E-state index contributed by atoms with van der Waals surface area (Å²) in [6, 6.07) is 12.3. The van der Waals surface area contributed by atoms with Crippen LogP contribution >= 0.6 is 13.2 Å². The van der Waals surface area contributed by atoms with Gasteiger partial charge in [0.1, 0.15) is 29.8 Å². The van der Waals surface area contributed by atoms with Crippen LogP contribution in [0.5, 0.6) is 0 Å². The van der Waals surface area contributed by atoms with Gasteiger partial charge in [-0.15, -0.1) is 0 Å². The number of benzene rings is 1. The van der Waals surface area contributed by atoms with Gasteiger partial charge in [0, 0.05) is 5.56 Å². The first kappa shape index (κ1) is 42.2. The maximum atomic E-state index is 17.5. The van der Waals surface area contributed by atoms with E-state index >= 15 is 8.78 Å². The Hall–Kier alpha value is -4.55. The fraction of sp³-hybridized carbons (Fsp3) is 0.441. The Morgan fingerprint density at radius 2 is 1.67 bits per heavy atom. The molecule has 0 radical (unpaired) electrons. The number of anilines is 1. The maximum absolute atomic E-state index is 17.5. The summed E-state index contributed by atoms with van der Waals surface area (Å²) >= 11 is 11.9. The van der Waals surface area contributed by atoms with E-state index in [1.54, 1.807) is 30.3 Å². The summed E-state index contributed by atoms with van der Waals surface area (Å²) in [7, 11) is 0. The third-order valence-corrected chi connectivity index (χ3v) is 17.0. The summed E-state index contributed by atoms with van der Waals surface area (Å²) in [6.07, 6.45) is -6.92.